The summed E-state index contributed by atoms with van der Waals surface area (Å²) >= 11 is 5.79. The van der Waals surface area contributed by atoms with E-state index in [2.05, 4.69) is 0 Å². The lowest BCUT2D eigenvalue weighted by molar-refractivity contribution is -0.138. The number of rotatable bonds is 3. The quantitative estimate of drug-likeness (QED) is 0.865. The molecule has 0 amide bonds. The molecule has 0 heterocycles. The fraction of sp³-hybridized carbons (Fsp3) is 0.455. The van der Waals surface area contributed by atoms with E-state index in [0.29, 0.717) is 12.8 Å². The summed E-state index contributed by atoms with van der Waals surface area (Å²) in [5.74, 6) is 0. The van der Waals surface area contributed by atoms with Crippen molar-refractivity contribution >= 4 is 24.0 Å². The van der Waals surface area contributed by atoms with Crippen LogP contribution in [0.5, 0.6) is 0 Å². The van der Waals surface area contributed by atoms with Gasteiger partial charge in [0.2, 0.25) is 0 Å². The maximum atomic E-state index is 12.7. The van der Waals surface area contributed by atoms with Crippen molar-refractivity contribution in [1.82, 2.24) is 0 Å². The van der Waals surface area contributed by atoms with E-state index in [1.54, 1.807) is 0 Å². The number of hydrogen-bond donors (Lipinski definition) is 1. The molecular formula is C11H14Cl2F3N. The van der Waals surface area contributed by atoms with E-state index < -0.39 is 17.8 Å². The van der Waals surface area contributed by atoms with Gasteiger partial charge < -0.3 is 5.73 Å². The van der Waals surface area contributed by atoms with Crippen LogP contribution in [-0.2, 0) is 6.18 Å². The molecule has 1 aromatic carbocycles. The van der Waals surface area contributed by atoms with Crippen LogP contribution in [0.15, 0.2) is 18.2 Å². The summed E-state index contributed by atoms with van der Waals surface area (Å²) in [7, 11) is 0. The highest BCUT2D eigenvalue weighted by molar-refractivity contribution is 6.31. The summed E-state index contributed by atoms with van der Waals surface area (Å²) in [6.45, 7) is 1.87. The summed E-state index contributed by atoms with van der Waals surface area (Å²) < 4.78 is 38.1. The summed E-state index contributed by atoms with van der Waals surface area (Å²) in [6.07, 6.45) is -3.22. The summed E-state index contributed by atoms with van der Waals surface area (Å²) in [5, 5.41) is 0.0794. The van der Waals surface area contributed by atoms with Crippen LogP contribution in [0.25, 0.3) is 0 Å². The Hall–Kier alpha value is -0.450. The van der Waals surface area contributed by atoms with Crippen molar-refractivity contribution in [3.05, 3.63) is 34.3 Å². The minimum absolute atomic E-state index is 0. The van der Waals surface area contributed by atoms with Gasteiger partial charge in [0.25, 0.3) is 0 Å². The highest BCUT2D eigenvalue weighted by Crippen LogP contribution is 2.38. The zero-order valence-corrected chi connectivity index (χ0v) is 10.8. The zero-order valence-electron chi connectivity index (χ0n) is 9.22. The molecule has 98 valence electrons. The zero-order chi connectivity index (χ0) is 12.3. The van der Waals surface area contributed by atoms with E-state index in [1.165, 1.54) is 12.1 Å². The standard InChI is InChI=1S/C11H13ClF3N.ClH/c1-2-4-9(16)10-7(11(13,14)15)5-3-6-8(10)12;/h3,5-6,9H,2,4,16H2,1H3;1H/t9-;/m0./s1. The minimum atomic E-state index is -4.41. The molecule has 0 aliphatic heterocycles. The normalized spacial score (nSPS) is 13.1. The summed E-state index contributed by atoms with van der Waals surface area (Å²) in [6, 6.07) is 3.06. The molecule has 0 aliphatic carbocycles. The first-order valence-corrected chi connectivity index (χ1v) is 5.37. The highest BCUT2D eigenvalue weighted by atomic mass is 35.5. The molecule has 0 bridgehead atoms. The van der Waals surface area contributed by atoms with E-state index in [-0.39, 0.29) is 23.0 Å². The number of benzene rings is 1. The number of alkyl halides is 3. The summed E-state index contributed by atoms with van der Waals surface area (Å²) in [5.41, 5.74) is 4.98. The van der Waals surface area contributed by atoms with E-state index in [0.717, 1.165) is 6.07 Å². The Morgan fingerprint density at radius 1 is 1.35 bits per heavy atom. The molecule has 0 unspecified atom stereocenters. The fourth-order valence-electron chi connectivity index (χ4n) is 1.62. The lowest BCUT2D eigenvalue weighted by Gasteiger charge is -2.19. The predicted molar refractivity (Wildman–Crippen MR) is 65.5 cm³/mol. The Labute approximate surface area is 110 Å². The van der Waals surface area contributed by atoms with Crippen LogP contribution in [-0.4, -0.2) is 0 Å². The predicted octanol–water partition coefficient (Wildman–Crippen LogP) is 4.58. The molecule has 1 rings (SSSR count). The first-order valence-electron chi connectivity index (χ1n) is 4.99. The topological polar surface area (TPSA) is 26.0 Å². The van der Waals surface area contributed by atoms with Crippen molar-refractivity contribution < 1.29 is 13.2 Å². The molecule has 0 aliphatic rings. The molecule has 1 nitrogen and oxygen atoms in total. The second kappa shape index (κ2) is 6.47. The van der Waals surface area contributed by atoms with Crippen LogP contribution in [0.4, 0.5) is 13.2 Å². The lowest BCUT2D eigenvalue weighted by atomic mass is 9.97. The van der Waals surface area contributed by atoms with Crippen molar-refractivity contribution in [1.29, 1.82) is 0 Å². The third-order valence-corrected chi connectivity index (χ3v) is 2.66. The van der Waals surface area contributed by atoms with E-state index >= 15 is 0 Å². The van der Waals surface area contributed by atoms with Gasteiger partial charge in [0.1, 0.15) is 0 Å². The molecule has 0 fully saturated rings. The second-order valence-electron chi connectivity index (χ2n) is 3.59. The maximum Gasteiger partial charge on any atom is 0.416 e. The molecule has 1 atom stereocenters. The first kappa shape index (κ1) is 16.6. The lowest BCUT2D eigenvalue weighted by Crippen LogP contribution is -2.17. The van der Waals surface area contributed by atoms with Crippen molar-refractivity contribution in [2.45, 2.75) is 32.0 Å². The van der Waals surface area contributed by atoms with Crippen LogP contribution in [0, 0.1) is 0 Å². The Balaban J connectivity index is 0.00000256. The highest BCUT2D eigenvalue weighted by Gasteiger charge is 2.35. The summed E-state index contributed by atoms with van der Waals surface area (Å²) in [4.78, 5) is 0. The molecule has 2 N–H and O–H groups in total. The first-order chi connectivity index (χ1) is 7.38. The molecule has 6 heteroatoms. The van der Waals surface area contributed by atoms with Gasteiger partial charge >= 0.3 is 6.18 Å². The monoisotopic (exact) mass is 287 g/mol. The van der Waals surface area contributed by atoms with Crippen LogP contribution in [0.3, 0.4) is 0 Å². The maximum absolute atomic E-state index is 12.7. The van der Waals surface area contributed by atoms with Crippen LogP contribution in [0.1, 0.15) is 36.9 Å². The smallest absolute Gasteiger partial charge is 0.324 e. The second-order valence-corrected chi connectivity index (χ2v) is 4.00. The fourth-order valence-corrected chi connectivity index (χ4v) is 1.93. The van der Waals surface area contributed by atoms with Gasteiger partial charge in [-0.1, -0.05) is 31.0 Å². The van der Waals surface area contributed by atoms with Crippen LogP contribution in [0.2, 0.25) is 5.02 Å². The number of nitrogens with two attached hydrogens (primary N) is 1. The molecule has 0 radical (unpaired) electrons. The molecule has 0 aromatic heterocycles. The molecule has 0 spiro atoms. The number of hydrogen-bond acceptors (Lipinski definition) is 1. The van der Waals surface area contributed by atoms with Gasteiger partial charge in [-0.05, 0) is 24.1 Å². The van der Waals surface area contributed by atoms with E-state index in [4.69, 9.17) is 17.3 Å². The van der Waals surface area contributed by atoms with Crippen LogP contribution >= 0.6 is 24.0 Å². The average molecular weight is 288 g/mol. The largest absolute Gasteiger partial charge is 0.416 e. The SMILES string of the molecule is CCC[C@H](N)c1c(Cl)cccc1C(F)(F)F.Cl. The van der Waals surface area contributed by atoms with Crippen LogP contribution < -0.4 is 5.73 Å². The van der Waals surface area contributed by atoms with Crippen molar-refractivity contribution in [3.8, 4) is 0 Å². The molecule has 17 heavy (non-hydrogen) atoms. The van der Waals surface area contributed by atoms with Gasteiger partial charge in [-0.25, -0.2) is 0 Å². The Kier molecular flexibility index (Phi) is 6.30. The Bertz CT molecular complexity index is 366. The molecule has 0 saturated carbocycles. The molecular weight excluding hydrogens is 274 g/mol. The Morgan fingerprint density at radius 3 is 2.41 bits per heavy atom. The van der Waals surface area contributed by atoms with Crippen molar-refractivity contribution in [2.24, 2.45) is 5.73 Å². The van der Waals surface area contributed by atoms with Crippen molar-refractivity contribution in [3.63, 3.8) is 0 Å². The molecule has 0 saturated heterocycles. The third-order valence-electron chi connectivity index (χ3n) is 2.33. The molecule has 1 aromatic rings. The average Bonchev–Trinajstić information content (AvgIpc) is 2.16. The van der Waals surface area contributed by atoms with Gasteiger partial charge in [-0.3, -0.25) is 0 Å². The van der Waals surface area contributed by atoms with Gasteiger partial charge in [-0.2, -0.15) is 13.2 Å². The van der Waals surface area contributed by atoms with Gasteiger partial charge in [0.15, 0.2) is 0 Å². The number of halogens is 5. The minimum Gasteiger partial charge on any atom is -0.324 e. The van der Waals surface area contributed by atoms with Gasteiger partial charge in [0, 0.05) is 11.1 Å². The van der Waals surface area contributed by atoms with E-state index in [1.807, 2.05) is 6.92 Å². The van der Waals surface area contributed by atoms with Gasteiger partial charge in [-0.15, -0.1) is 12.4 Å². The van der Waals surface area contributed by atoms with Gasteiger partial charge in [0.05, 0.1) is 5.56 Å². The van der Waals surface area contributed by atoms with Crippen molar-refractivity contribution in [2.75, 3.05) is 0 Å². The van der Waals surface area contributed by atoms with E-state index in [9.17, 15) is 13.2 Å². The Morgan fingerprint density at radius 2 is 1.94 bits per heavy atom. The third kappa shape index (κ3) is 4.05.